The van der Waals surface area contributed by atoms with Crippen molar-refractivity contribution in [2.75, 3.05) is 19.6 Å². The monoisotopic (exact) mass is 369 g/mol. The molecule has 6 nitrogen and oxygen atoms in total. The third-order valence-electron chi connectivity index (χ3n) is 5.46. The fourth-order valence-corrected chi connectivity index (χ4v) is 3.46. The van der Waals surface area contributed by atoms with Crippen LogP contribution in [-0.4, -0.2) is 45.2 Å². The molecule has 0 aliphatic carbocycles. The van der Waals surface area contributed by atoms with E-state index in [4.69, 9.17) is 0 Å². The van der Waals surface area contributed by atoms with Gasteiger partial charge in [0.2, 0.25) is 5.91 Å². The van der Waals surface area contributed by atoms with Crippen molar-refractivity contribution in [3.8, 4) is 0 Å². The van der Waals surface area contributed by atoms with Crippen LogP contribution in [0.2, 0.25) is 0 Å². The van der Waals surface area contributed by atoms with Gasteiger partial charge in [-0.15, -0.1) is 10.2 Å². The molecular formula is C21H31N5O. The third-order valence-corrected chi connectivity index (χ3v) is 5.46. The molecule has 0 spiro atoms. The summed E-state index contributed by atoms with van der Waals surface area (Å²) in [6.45, 7) is 8.46. The van der Waals surface area contributed by atoms with E-state index >= 15 is 0 Å². The molecule has 0 radical (unpaired) electrons. The molecule has 1 atom stereocenters. The highest BCUT2D eigenvalue weighted by Gasteiger charge is 2.19. The number of aryl methyl sites for hydroxylation is 1. The minimum atomic E-state index is 0.0385. The van der Waals surface area contributed by atoms with Crippen LogP contribution in [0.15, 0.2) is 30.3 Å². The average Bonchev–Trinajstić information content (AvgIpc) is 2.98. The van der Waals surface area contributed by atoms with Crippen LogP contribution < -0.4 is 5.32 Å². The van der Waals surface area contributed by atoms with Crippen LogP contribution in [0, 0.1) is 5.92 Å². The van der Waals surface area contributed by atoms with Gasteiger partial charge in [0, 0.05) is 32.0 Å². The van der Waals surface area contributed by atoms with E-state index in [1.54, 1.807) is 0 Å². The zero-order valence-electron chi connectivity index (χ0n) is 16.5. The molecular weight excluding hydrogens is 338 g/mol. The van der Waals surface area contributed by atoms with Gasteiger partial charge in [0.05, 0.1) is 6.54 Å². The summed E-state index contributed by atoms with van der Waals surface area (Å²) in [6.07, 6.45) is 4.05. The maximum Gasteiger partial charge on any atom is 0.223 e. The molecule has 1 unspecified atom stereocenters. The Balaban J connectivity index is 1.48. The van der Waals surface area contributed by atoms with Crippen LogP contribution in [0.1, 0.15) is 43.9 Å². The molecule has 1 amide bonds. The van der Waals surface area contributed by atoms with Gasteiger partial charge in [-0.1, -0.05) is 44.2 Å². The van der Waals surface area contributed by atoms with E-state index in [1.165, 1.54) is 12.0 Å². The van der Waals surface area contributed by atoms with Crippen molar-refractivity contribution in [2.45, 2.75) is 52.6 Å². The van der Waals surface area contributed by atoms with Gasteiger partial charge in [-0.25, -0.2) is 0 Å². The van der Waals surface area contributed by atoms with Crippen LogP contribution in [0.3, 0.4) is 0 Å². The summed E-state index contributed by atoms with van der Waals surface area (Å²) < 4.78 is 2.19. The number of amides is 1. The first kappa shape index (κ1) is 19.5. The largest absolute Gasteiger partial charge is 0.349 e. The summed E-state index contributed by atoms with van der Waals surface area (Å²) in [5.41, 5.74) is 1.41. The Morgan fingerprint density at radius 1 is 1.19 bits per heavy atom. The van der Waals surface area contributed by atoms with Gasteiger partial charge >= 0.3 is 0 Å². The molecule has 6 heteroatoms. The van der Waals surface area contributed by atoms with Crippen molar-refractivity contribution >= 4 is 5.91 Å². The quantitative estimate of drug-likeness (QED) is 0.776. The second-order valence-corrected chi connectivity index (χ2v) is 7.39. The van der Waals surface area contributed by atoms with Crippen molar-refractivity contribution in [1.82, 2.24) is 25.0 Å². The lowest BCUT2D eigenvalue weighted by Crippen LogP contribution is -2.30. The summed E-state index contributed by atoms with van der Waals surface area (Å²) in [7, 11) is 0. The molecule has 1 aliphatic rings. The Hall–Kier alpha value is -2.21. The predicted octanol–water partition coefficient (Wildman–Crippen LogP) is 2.43. The summed E-state index contributed by atoms with van der Waals surface area (Å²) in [5.74, 6) is 2.03. The van der Waals surface area contributed by atoms with Crippen molar-refractivity contribution in [1.29, 1.82) is 0 Å². The molecule has 146 valence electrons. The summed E-state index contributed by atoms with van der Waals surface area (Å²) in [6, 6.07) is 10.7. The number of carbonyl (C=O) groups excluding carboxylic acids is 1. The Labute approximate surface area is 162 Å². The first-order valence-corrected chi connectivity index (χ1v) is 10.1. The Morgan fingerprint density at radius 2 is 2.00 bits per heavy atom. The van der Waals surface area contributed by atoms with Gasteiger partial charge in [-0.05, 0) is 31.4 Å². The maximum atomic E-state index is 12.0. The zero-order valence-corrected chi connectivity index (χ0v) is 16.5. The lowest BCUT2D eigenvalue weighted by atomic mass is 10.1. The lowest BCUT2D eigenvalue weighted by molar-refractivity contribution is -0.124. The average molecular weight is 370 g/mol. The Kier molecular flexibility index (Phi) is 6.98. The molecule has 1 aliphatic heterocycles. The molecule has 1 aromatic carbocycles. The predicted molar refractivity (Wildman–Crippen MR) is 106 cm³/mol. The van der Waals surface area contributed by atoms with E-state index in [1.807, 2.05) is 13.8 Å². The standard InChI is InChI=1S/C21H31N5O/c1-3-17(2)21(27)22-16-20-24-23-19-11-13-25(14-15-26(19)20)12-7-10-18-8-5-4-6-9-18/h4-6,8-9,17H,3,7,10-16H2,1-2H3,(H,22,27). The number of hydrogen-bond acceptors (Lipinski definition) is 4. The van der Waals surface area contributed by atoms with E-state index in [9.17, 15) is 4.79 Å². The number of aromatic nitrogens is 3. The molecule has 1 N–H and O–H groups in total. The minimum Gasteiger partial charge on any atom is -0.349 e. The van der Waals surface area contributed by atoms with Crippen LogP contribution in [0.5, 0.6) is 0 Å². The SMILES string of the molecule is CCC(C)C(=O)NCc1nnc2n1CCN(CCCc1ccccc1)CC2. The van der Waals surface area contributed by atoms with Crippen molar-refractivity contribution < 1.29 is 4.79 Å². The molecule has 0 fully saturated rings. The fraction of sp³-hybridized carbons (Fsp3) is 0.571. The smallest absolute Gasteiger partial charge is 0.223 e. The van der Waals surface area contributed by atoms with Crippen LogP contribution in [0.25, 0.3) is 0 Å². The number of nitrogens with one attached hydrogen (secondary N) is 1. The van der Waals surface area contributed by atoms with Crippen molar-refractivity contribution in [2.24, 2.45) is 5.92 Å². The number of nitrogens with zero attached hydrogens (tertiary/aromatic N) is 4. The normalized spacial score (nSPS) is 15.8. The lowest BCUT2D eigenvalue weighted by Gasteiger charge is -2.19. The molecule has 2 aromatic rings. The van der Waals surface area contributed by atoms with E-state index in [2.05, 4.69) is 55.3 Å². The Bertz CT molecular complexity index is 727. The number of rotatable bonds is 8. The highest BCUT2D eigenvalue weighted by atomic mass is 16.1. The van der Waals surface area contributed by atoms with Gasteiger partial charge in [-0.3, -0.25) is 4.79 Å². The fourth-order valence-electron chi connectivity index (χ4n) is 3.46. The second-order valence-electron chi connectivity index (χ2n) is 7.39. The zero-order chi connectivity index (χ0) is 19.1. The first-order chi connectivity index (χ1) is 13.2. The van der Waals surface area contributed by atoms with Crippen molar-refractivity contribution in [3.05, 3.63) is 47.5 Å². The maximum absolute atomic E-state index is 12.0. The molecule has 0 saturated carbocycles. The van der Waals surface area contributed by atoms with Crippen molar-refractivity contribution in [3.63, 3.8) is 0 Å². The molecule has 0 saturated heterocycles. The van der Waals surface area contributed by atoms with E-state index < -0.39 is 0 Å². The first-order valence-electron chi connectivity index (χ1n) is 10.1. The van der Waals surface area contributed by atoms with Gasteiger partial charge < -0.3 is 14.8 Å². The number of hydrogen-bond donors (Lipinski definition) is 1. The van der Waals surface area contributed by atoms with Gasteiger partial charge in [0.1, 0.15) is 5.82 Å². The van der Waals surface area contributed by atoms with Crippen LogP contribution in [0.4, 0.5) is 0 Å². The summed E-state index contributed by atoms with van der Waals surface area (Å²) in [5, 5.41) is 11.7. The van der Waals surface area contributed by atoms with Gasteiger partial charge in [0.25, 0.3) is 0 Å². The second kappa shape index (κ2) is 9.65. The highest BCUT2D eigenvalue weighted by molar-refractivity contribution is 5.78. The third kappa shape index (κ3) is 5.39. The van der Waals surface area contributed by atoms with Gasteiger partial charge in [0.15, 0.2) is 5.82 Å². The number of carbonyl (C=O) groups is 1. The number of fused-ring (bicyclic) bond motifs is 1. The Morgan fingerprint density at radius 3 is 2.78 bits per heavy atom. The van der Waals surface area contributed by atoms with E-state index in [0.29, 0.717) is 6.54 Å². The van der Waals surface area contributed by atoms with Crippen LogP contribution in [-0.2, 0) is 30.7 Å². The minimum absolute atomic E-state index is 0.0385. The van der Waals surface area contributed by atoms with E-state index in [0.717, 1.165) is 57.1 Å². The van der Waals surface area contributed by atoms with Gasteiger partial charge in [-0.2, -0.15) is 0 Å². The summed E-state index contributed by atoms with van der Waals surface area (Å²) in [4.78, 5) is 14.5. The molecule has 3 rings (SSSR count). The molecule has 27 heavy (non-hydrogen) atoms. The van der Waals surface area contributed by atoms with E-state index in [-0.39, 0.29) is 11.8 Å². The summed E-state index contributed by atoms with van der Waals surface area (Å²) >= 11 is 0. The molecule has 2 heterocycles. The van der Waals surface area contributed by atoms with Crippen LogP contribution >= 0.6 is 0 Å². The molecule has 1 aromatic heterocycles. The number of benzene rings is 1. The molecule has 0 bridgehead atoms. The topological polar surface area (TPSA) is 63.1 Å². The highest BCUT2D eigenvalue weighted by Crippen LogP contribution is 2.11.